The summed E-state index contributed by atoms with van der Waals surface area (Å²) in [4.78, 5) is 0. The third kappa shape index (κ3) is 2.96. The summed E-state index contributed by atoms with van der Waals surface area (Å²) < 4.78 is 5.05. The number of rotatable bonds is 7. The molecule has 1 unspecified atom stereocenters. The maximum Gasteiger partial charge on any atom is 0.0462 e. The quantitative estimate of drug-likeness (QED) is 0.614. The van der Waals surface area contributed by atoms with E-state index in [0.717, 1.165) is 6.61 Å². The van der Waals surface area contributed by atoms with Crippen molar-refractivity contribution in [3.63, 3.8) is 0 Å². The van der Waals surface area contributed by atoms with E-state index in [1.54, 1.807) is 7.11 Å². The molecule has 78 valence electrons. The van der Waals surface area contributed by atoms with E-state index in [1.807, 2.05) is 0 Å². The van der Waals surface area contributed by atoms with Gasteiger partial charge in [0.2, 0.25) is 0 Å². The van der Waals surface area contributed by atoms with Crippen LogP contribution in [0, 0.1) is 5.41 Å². The molecule has 1 saturated carbocycles. The molecule has 0 saturated heterocycles. The van der Waals surface area contributed by atoms with Crippen molar-refractivity contribution in [1.29, 1.82) is 0 Å². The lowest BCUT2D eigenvalue weighted by molar-refractivity contribution is 0.187. The summed E-state index contributed by atoms with van der Waals surface area (Å²) in [5, 5.41) is 3.38. The molecule has 0 radical (unpaired) electrons. The van der Waals surface area contributed by atoms with Gasteiger partial charge in [0.15, 0.2) is 0 Å². The lowest BCUT2D eigenvalue weighted by Gasteiger charge is -2.22. The molecule has 0 heterocycles. The number of methoxy groups -OCH3 is 1. The largest absolute Gasteiger partial charge is 0.385 e. The first-order valence-electron chi connectivity index (χ1n) is 5.41. The Kier molecular flexibility index (Phi) is 4.20. The van der Waals surface area contributed by atoms with Crippen molar-refractivity contribution in [1.82, 2.24) is 5.32 Å². The van der Waals surface area contributed by atoms with E-state index >= 15 is 0 Å². The van der Waals surface area contributed by atoms with Gasteiger partial charge in [0.1, 0.15) is 0 Å². The van der Waals surface area contributed by atoms with Gasteiger partial charge in [-0.25, -0.2) is 0 Å². The Hall–Kier alpha value is -0.0800. The van der Waals surface area contributed by atoms with Crippen molar-refractivity contribution in [2.75, 3.05) is 20.8 Å². The second-order valence-corrected chi connectivity index (χ2v) is 4.32. The standard InChI is InChI=1S/C11H23NO/c1-10(12-2)11(7-8-11)6-4-5-9-13-3/h10,12H,4-9H2,1-3H3. The van der Waals surface area contributed by atoms with Gasteiger partial charge in [-0.15, -0.1) is 0 Å². The van der Waals surface area contributed by atoms with Crippen molar-refractivity contribution in [2.45, 2.75) is 45.1 Å². The highest BCUT2D eigenvalue weighted by atomic mass is 16.5. The van der Waals surface area contributed by atoms with Gasteiger partial charge in [-0.2, -0.15) is 0 Å². The smallest absolute Gasteiger partial charge is 0.0462 e. The molecule has 0 aromatic rings. The molecular formula is C11H23NO. The Bertz CT molecular complexity index is 143. The molecule has 13 heavy (non-hydrogen) atoms. The molecule has 0 aliphatic heterocycles. The summed E-state index contributed by atoms with van der Waals surface area (Å²) in [6.45, 7) is 3.23. The second kappa shape index (κ2) is 4.97. The van der Waals surface area contributed by atoms with Crippen LogP contribution in [0.25, 0.3) is 0 Å². The highest BCUT2D eigenvalue weighted by molar-refractivity contribution is 4.99. The van der Waals surface area contributed by atoms with Gasteiger partial charge in [-0.05, 0) is 45.1 Å². The molecule has 2 nitrogen and oxygen atoms in total. The summed E-state index contributed by atoms with van der Waals surface area (Å²) in [5.74, 6) is 0. The highest BCUT2D eigenvalue weighted by Gasteiger charge is 2.45. The molecule has 0 aromatic heterocycles. The first-order chi connectivity index (χ1) is 6.25. The maximum atomic E-state index is 5.05. The van der Waals surface area contributed by atoms with Gasteiger partial charge in [0, 0.05) is 19.8 Å². The predicted molar refractivity (Wildman–Crippen MR) is 55.9 cm³/mol. The molecule has 1 atom stereocenters. The highest BCUT2D eigenvalue weighted by Crippen LogP contribution is 2.52. The van der Waals surface area contributed by atoms with E-state index in [9.17, 15) is 0 Å². The lowest BCUT2D eigenvalue weighted by Crippen LogP contribution is -2.31. The van der Waals surface area contributed by atoms with Crippen molar-refractivity contribution < 1.29 is 4.74 Å². The van der Waals surface area contributed by atoms with Crippen LogP contribution in [0.15, 0.2) is 0 Å². The van der Waals surface area contributed by atoms with Gasteiger partial charge in [-0.1, -0.05) is 6.42 Å². The third-order valence-corrected chi connectivity index (χ3v) is 3.52. The van der Waals surface area contributed by atoms with E-state index in [4.69, 9.17) is 4.74 Å². The normalized spacial score (nSPS) is 21.5. The molecule has 0 amide bonds. The summed E-state index contributed by atoms with van der Waals surface area (Å²) in [6.07, 6.45) is 6.75. The van der Waals surface area contributed by atoms with Gasteiger partial charge >= 0.3 is 0 Å². The number of nitrogens with one attached hydrogen (secondary N) is 1. The van der Waals surface area contributed by atoms with Crippen LogP contribution in [0.3, 0.4) is 0 Å². The van der Waals surface area contributed by atoms with E-state index in [-0.39, 0.29) is 0 Å². The van der Waals surface area contributed by atoms with Gasteiger partial charge in [0.25, 0.3) is 0 Å². The van der Waals surface area contributed by atoms with E-state index in [2.05, 4.69) is 19.3 Å². The molecular weight excluding hydrogens is 162 g/mol. The number of hydrogen-bond donors (Lipinski definition) is 1. The fourth-order valence-electron chi connectivity index (χ4n) is 2.09. The fraction of sp³-hybridized carbons (Fsp3) is 1.00. The van der Waals surface area contributed by atoms with Crippen molar-refractivity contribution in [3.8, 4) is 0 Å². The van der Waals surface area contributed by atoms with E-state index in [1.165, 1.54) is 32.1 Å². The van der Waals surface area contributed by atoms with Crippen molar-refractivity contribution in [2.24, 2.45) is 5.41 Å². The summed E-state index contributed by atoms with van der Waals surface area (Å²) in [5.41, 5.74) is 0.641. The number of ether oxygens (including phenoxy) is 1. The Morgan fingerprint density at radius 3 is 2.54 bits per heavy atom. The number of hydrogen-bond acceptors (Lipinski definition) is 2. The molecule has 1 fully saturated rings. The zero-order valence-corrected chi connectivity index (χ0v) is 9.23. The average Bonchev–Trinajstić information content (AvgIpc) is 2.92. The van der Waals surface area contributed by atoms with Crippen LogP contribution in [0.4, 0.5) is 0 Å². The molecule has 0 aromatic carbocycles. The van der Waals surface area contributed by atoms with Crippen LogP contribution < -0.4 is 5.32 Å². The zero-order chi connectivity index (χ0) is 9.73. The van der Waals surface area contributed by atoms with E-state index in [0.29, 0.717) is 11.5 Å². The maximum absolute atomic E-state index is 5.05. The minimum Gasteiger partial charge on any atom is -0.385 e. The average molecular weight is 185 g/mol. The van der Waals surface area contributed by atoms with Crippen LogP contribution in [0.5, 0.6) is 0 Å². The van der Waals surface area contributed by atoms with Crippen LogP contribution in [-0.2, 0) is 4.74 Å². The van der Waals surface area contributed by atoms with Crippen molar-refractivity contribution in [3.05, 3.63) is 0 Å². The molecule has 0 bridgehead atoms. The van der Waals surface area contributed by atoms with Gasteiger partial charge < -0.3 is 10.1 Å². The van der Waals surface area contributed by atoms with Crippen LogP contribution >= 0.6 is 0 Å². The molecule has 0 spiro atoms. The van der Waals surface area contributed by atoms with Crippen LogP contribution in [-0.4, -0.2) is 26.8 Å². The Labute approximate surface area is 82.0 Å². The fourth-order valence-corrected chi connectivity index (χ4v) is 2.09. The summed E-state index contributed by atoms with van der Waals surface area (Å²) in [7, 11) is 3.85. The van der Waals surface area contributed by atoms with Gasteiger partial charge in [-0.3, -0.25) is 0 Å². The van der Waals surface area contributed by atoms with Crippen LogP contribution in [0.1, 0.15) is 39.0 Å². The lowest BCUT2D eigenvalue weighted by atomic mass is 9.91. The Balaban J connectivity index is 2.12. The van der Waals surface area contributed by atoms with Crippen LogP contribution in [0.2, 0.25) is 0 Å². The number of unbranched alkanes of at least 4 members (excludes halogenated alkanes) is 1. The van der Waals surface area contributed by atoms with E-state index < -0.39 is 0 Å². The minimum absolute atomic E-state index is 0.641. The Morgan fingerprint density at radius 2 is 2.08 bits per heavy atom. The Morgan fingerprint density at radius 1 is 1.38 bits per heavy atom. The zero-order valence-electron chi connectivity index (χ0n) is 9.23. The van der Waals surface area contributed by atoms with Gasteiger partial charge in [0.05, 0.1) is 0 Å². The topological polar surface area (TPSA) is 21.3 Å². The minimum atomic E-state index is 0.641. The summed E-state index contributed by atoms with van der Waals surface area (Å²) in [6, 6.07) is 0.690. The molecule has 1 aliphatic rings. The molecule has 2 heteroatoms. The van der Waals surface area contributed by atoms with Crippen molar-refractivity contribution >= 4 is 0 Å². The second-order valence-electron chi connectivity index (χ2n) is 4.32. The monoisotopic (exact) mass is 185 g/mol. The molecule has 1 N–H and O–H groups in total. The molecule has 1 aliphatic carbocycles. The summed E-state index contributed by atoms with van der Waals surface area (Å²) >= 11 is 0. The first-order valence-corrected chi connectivity index (χ1v) is 5.41. The third-order valence-electron chi connectivity index (χ3n) is 3.52. The SMILES string of the molecule is CNC(C)C1(CCCCOC)CC1. The molecule has 1 rings (SSSR count). The predicted octanol–water partition coefficient (Wildman–Crippen LogP) is 2.19. The first kappa shape index (κ1) is 11.0.